The molecule has 130 valence electrons. The number of aromatic carboxylic acids is 1. The maximum atomic E-state index is 13.4. The van der Waals surface area contributed by atoms with E-state index in [4.69, 9.17) is 5.11 Å². The first kappa shape index (κ1) is 17.1. The highest BCUT2D eigenvalue weighted by Gasteiger charge is 2.38. The standard InChI is InChI=1S/C20H20FNO3/c21-17-7-2-5-15(11-17)13-20(8-3-9-20)22-18(23)12-14-4-1-6-16(10-14)19(24)25/h1-2,4-7,10-11H,3,8-9,12-13H2,(H,22,23)(H,24,25). The van der Waals surface area contributed by atoms with Crippen LogP contribution in [0.5, 0.6) is 0 Å². The second-order valence-electron chi connectivity index (χ2n) is 6.67. The van der Waals surface area contributed by atoms with Crippen molar-refractivity contribution in [2.24, 2.45) is 0 Å². The molecule has 2 aromatic rings. The van der Waals surface area contributed by atoms with Gasteiger partial charge >= 0.3 is 5.97 Å². The minimum Gasteiger partial charge on any atom is -0.478 e. The Balaban J connectivity index is 1.66. The molecule has 5 heteroatoms. The number of benzene rings is 2. The summed E-state index contributed by atoms with van der Waals surface area (Å²) in [5.74, 6) is -1.42. The van der Waals surface area contributed by atoms with E-state index in [0.717, 1.165) is 24.8 Å². The lowest BCUT2D eigenvalue weighted by Crippen LogP contribution is -2.55. The summed E-state index contributed by atoms with van der Waals surface area (Å²) in [6.07, 6.45) is 3.50. The van der Waals surface area contributed by atoms with Crippen LogP contribution < -0.4 is 5.32 Å². The highest BCUT2D eigenvalue weighted by Crippen LogP contribution is 2.35. The van der Waals surface area contributed by atoms with Crippen molar-refractivity contribution in [2.45, 2.75) is 37.6 Å². The van der Waals surface area contributed by atoms with Gasteiger partial charge in [0, 0.05) is 5.54 Å². The molecule has 0 aliphatic heterocycles. The quantitative estimate of drug-likeness (QED) is 0.847. The van der Waals surface area contributed by atoms with Gasteiger partial charge in [0.1, 0.15) is 5.82 Å². The Hall–Kier alpha value is -2.69. The number of nitrogens with one attached hydrogen (secondary N) is 1. The molecule has 0 atom stereocenters. The lowest BCUT2D eigenvalue weighted by atomic mass is 9.72. The molecule has 0 unspecified atom stereocenters. The fourth-order valence-corrected chi connectivity index (χ4v) is 3.33. The van der Waals surface area contributed by atoms with Gasteiger partial charge in [0.15, 0.2) is 0 Å². The maximum Gasteiger partial charge on any atom is 0.335 e. The lowest BCUT2D eigenvalue weighted by Gasteiger charge is -2.43. The van der Waals surface area contributed by atoms with Crippen molar-refractivity contribution in [3.63, 3.8) is 0 Å². The molecular weight excluding hydrogens is 321 g/mol. The summed E-state index contributed by atoms with van der Waals surface area (Å²) in [6.45, 7) is 0. The summed E-state index contributed by atoms with van der Waals surface area (Å²) in [5.41, 5.74) is 1.38. The molecule has 0 heterocycles. The van der Waals surface area contributed by atoms with Gasteiger partial charge in [0.25, 0.3) is 0 Å². The molecule has 1 amide bonds. The molecule has 3 rings (SSSR count). The van der Waals surface area contributed by atoms with E-state index in [1.807, 2.05) is 6.07 Å². The van der Waals surface area contributed by atoms with Crippen LogP contribution in [0.2, 0.25) is 0 Å². The van der Waals surface area contributed by atoms with Crippen molar-refractivity contribution in [3.05, 3.63) is 71.0 Å². The smallest absolute Gasteiger partial charge is 0.335 e. The molecule has 1 fully saturated rings. The van der Waals surface area contributed by atoms with Crippen molar-refractivity contribution in [1.82, 2.24) is 5.32 Å². The first-order valence-electron chi connectivity index (χ1n) is 8.33. The highest BCUT2D eigenvalue weighted by molar-refractivity contribution is 5.88. The molecular formula is C20H20FNO3. The Labute approximate surface area is 145 Å². The number of carboxylic acids is 1. The molecule has 0 spiro atoms. The van der Waals surface area contributed by atoms with Crippen LogP contribution in [-0.2, 0) is 17.6 Å². The van der Waals surface area contributed by atoms with Crippen molar-refractivity contribution < 1.29 is 19.1 Å². The molecule has 4 nitrogen and oxygen atoms in total. The number of amides is 1. The van der Waals surface area contributed by atoms with E-state index in [2.05, 4.69) is 5.32 Å². The van der Waals surface area contributed by atoms with E-state index in [9.17, 15) is 14.0 Å². The molecule has 1 saturated carbocycles. The zero-order chi connectivity index (χ0) is 17.9. The molecule has 0 saturated heterocycles. The van der Waals surface area contributed by atoms with Gasteiger partial charge in [-0.2, -0.15) is 0 Å². The number of hydrogen-bond acceptors (Lipinski definition) is 2. The van der Waals surface area contributed by atoms with Crippen LogP contribution in [0.4, 0.5) is 4.39 Å². The van der Waals surface area contributed by atoms with Crippen molar-refractivity contribution >= 4 is 11.9 Å². The summed E-state index contributed by atoms with van der Waals surface area (Å²) in [7, 11) is 0. The second kappa shape index (κ2) is 7.05. The van der Waals surface area contributed by atoms with Crippen LogP contribution in [0.25, 0.3) is 0 Å². The van der Waals surface area contributed by atoms with E-state index in [0.29, 0.717) is 12.0 Å². The fourth-order valence-electron chi connectivity index (χ4n) is 3.33. The van der Waals surface area contributed by atoms with Gasteiger partial charge in [-0.15, -0.1) is 0 Å². The van der Waals surface area contributed by atoms with E-state index in [-0.39, 0.29) is 29.2 Å². The van der Waals surface area contributed by atoms with Gasteiger partial charge in [-0.05, 0) is 61.1 Å². The van der Waals surface area contributed by atoms with Crippen LogP contribution in [-0.4, -0.2) is 22.5 Å². The van der Waals surface area contributed by atoms with Crippen LogP contribution in [0.15, 0.2) is 48.5 Å². The van der Waals surface area contributed by atoms with Gasteiger partial charge in [0.05, 0.1) is 12.0 Å². The minimum absolute atomic E-state index is 0.131. The highest BCUT2D eigenvalue weighted by atomic mass is 19.1. The van der Waals surface area contributed by atoms with E-state index >= 15 is 0 Å². The molecule has 1 aliphatic rings. The predicted octanol–water partition coefficient (Wildman–Crippen LogP) is 3.35. The van der Waals surface area contributed by atoms with Crippen molar-refractivity contribution in [2.75, 3.05) is 0 Å². The number of carbonyl (C=O) groups is 2. The van der Waals surface area contributed by atoms with E-state index in [1.54, 1.807) is 18.2 Å². The van der Waals surface area contributed by atoms with Crippen LogP contribution >= 0.6 is 0 Å². The third-order valence-corrected chi connectivity index (χ3v) is 4.69. The first-order valence-corrected chi connectivity index (χ1v) is 8.33. The van der Waals surface area contributed by atoms with Gasteiger partial charge in [-0.1, -0.05) is 24.3 Å². The second-order valence-corrected chi connectivity index (χ2v) is 6.67. The van der Waals surface area contributed by atoms with Crippen molar-refractivity contribution in [1.29, 1.82) is 0 Å². The summed E-state index contributed by atoms with van der Waals surface area (Å²) >= 11 is 0. The molecule has 2 aromatic carbocycles. The predicted molar refractivity (Wildman–Crippen MR) is 91.9 cm³/mol. The van der Waals surface area contributed by atoms with E-state index in [1.165, 1.54) is 24.3 Å². The number of hydrogen-bond donors (Lipinski definition) is 2. The topological polar surface area (TPSA) is 66.4 Å². The Morgan fingerprint density at radius 3 is 2.44 bits per heavy atom. The summed E-state index contributed by atoms with van der Waals surface area (Å²) in [6, 6.07) is 12.8. The normalized spacial score (nSPS) is 15.2. The molecule has 0 radical (unpaired) electrons. The average molecular weight is 341 g/mol. The average Bonchev–Trinajstić information content (AvgIpc) is 2.53. The zero-order valence-electron chi connectivity index (χ0n) is 13.8. The maximum absolute atomic E-state index is 13.4. The Kier molecular flexibility index (Phi) is 4.83. The molecule has 25 heavy (non-hydrogen) atoms. The third-order valence-electron chi connectivity index (χ3n) is 4.69. The minimum atomic E-state index is -1.01. The molecule has 0 bridgehead atoms. The summed E-state index contributed by atoms with van der Waals surface area (Å²) in [4.78, 5) is 23.4. The Morgan fingerprint density at radius 2 is 1.80 bits per heavy atom. The zero-order valence-corrected chi connectivity index (χ0v) is 13.8. The largest absolute Gasteiger partial charge is 0.478 e. The molecule has 1 aliphatic carbocycles. The SMILES string of the molecule is O=C(Cc1cccc(C(=O)O)c1)NC1(Cc2cccc(F)c2)CCC1. The third kappa shape index (κ3) is 4.24. The number of carboxylic acid groups (broad SMARTS) is 1. The Morgan fingerprint density at radius 1 is 1.08 bits per heavy atom. The number of rotatable bonds is 6. The molecule has 0 aromatic heterocycles. The monoisotopic (exact) mass is 341 g/mol. The van der Waals surface area contributed by atoms with Gasteiger partial charge in [-0.3, -0.25) is 4.79 Å². The lowest BCUT2D eigenvalue weighted by molar-refractivity contribution is -0.123. The van der Waals surface area contributed by atoms with E-state index < -0.39 is 5.97 Å². The first-order chi connectivity index (χ1) is 12.0. The summed E-state index contributed by atoms with van der Waals surface area (Å²) in [5, 5.41) is 12.1. The van der Waals surface area contributed by atoms with Gasteiger partial charge < -0.3 is 10.4 Å². The molecule has 2 N–H and O–H groups in total. The Bertz CT molecular complexity index is 799. The van der Waals surface area contributed by atoms with Crippen LogP contribution in [0.1, 0.15) is 40.7 Å². The summed E-state index contributed by atoms with van der Waals surface area (Å²) < 4.78 is 13.4. The number of carbonyl (C=O) groups excluding carboxylic acids is 1. The van der Waals surface area contributed by atoms with Crippen LogP contribution in [0, 0.1) is 5.82 Å². The number of halogens is 1. The van der Waals surface area contributed by atoms with Crippen LogP contribution in [0.3, 0.4) is 0 Å². The van der Waals surface area contributed by atoms with Gasteiger partial charge in [-0.25, -0.2) is 9.18 Å². The van der Waals surface area contributed by atoms with Gasteiger partial charge in [0.2, 0.25) is 5.91 Å². The fraction of sp³-hybridized carbons (Fsp3) is 0.300. The van der Waals surface area contributed by atoms with Crippen molar-refractivity contribution in [3.8, 4) is 0 Å².